The lowest BCUT2D eigenvalue weighted by Gasteiger charge is -2.32. The zero-order chi connectivity index (χ0) is 14.1. The van der Waals surface area contributed by atoms with Crippen LogP contribution in [0.3, 0.4) is 0 Å². The highest BCUT2D eigenvalue weighted by Gasteiger charge is 2.27. The van der Waals surface area contributed by atoms with Gasteiger partial charge in [-0.2, -0.15) is 0 Å². The zero-order valence-electron chi connectivity index (χ0n) is 13.0. The molecule has 0 aliphatic carbocycles. The maximum Gasteiger partial charge on any atom is 0.163 e. The standard InChI is InChI=1S/C16H31NO2/c1-4-7-8-14(6-3)12-15(18)16-13-17(9-5-2)10-11-19-16/h14,16H,4-13H2,1-3H3. The molecule has 2 atom stereocenters. The molecule has 0 radical (unpaired) electrons. The zero-order valence-corrected chi connectivity index (χ0v) is 13.0. The van der Waals surface area contributed by atoms with Gasteiger partial charge in [0.15, 0.2) is 5.78 Å². The van der Waals surface area contributed by atoms with Crippen LogP contribution >= 0.6 is 0 Å². The van der Waals surface area contributed by atoms with Gasteiger partial charge < -0.3 is 4.74 Å². The Kier molecular flexibility index (Phi) is 8.31. The van der Waals surface area contributed by atoms with Gasteiger partial charge in [-0.25, -0.2) is 0 Å². The summed E-state index contributed by atoms with van der Waals surface area (Å²) in [4.78, 5) is 14.7. The van der Waals surface area contributed by atoms with Crippen LogP contribution < -0.4 is 0 Å². The van der Waals surface area contributed by atoms with Crippen LogP contribution in [0.15, 0.2) is 0 Å². The largest absolute Gasteiger partial charge is 0.368 e. The van der Waals surface area contributed by atoms with E-state index in [1.54, 1.807) is 0 Å². The van der Waals surface area contributed by atoms with Crippen molar-refractivity contribution in [1.82, 2.24) is 4.90 Å². The van der Waals surface area contributed by atoms with Gasteiger partial charge in [0.2, 0.25) is 0 Å². The number of rotatable bonds is 9. The summed E-state index contributed by atoms with van der Waals surface area (Å²) < 4.78 is 5.67. The van der Waals surface area contributed by atoms with Crippen LogP contribution in [-0.2, 0) is 9.53 Å². The molecule has 0 aromatic rings. The van der Waals surface area contributed by atoms with Gasteiger partial charge in [-0.05, 0) is 18.9 Å². The minimum absolute atomic E-state index is 0.170. The summed E-state index contributed by atoms with van der Waals surface area (Å²) in [6, 6.07) is 0. The summed E-state index contributed by atoms with van der Waals surface area (Å²) in [5.74, 6) is 0.876. The van der Waals surface area contributed by atoms with Crippen molar-refractivity contribution in [1.29, 1.82) is 0 Å². The van der Waals surface area contributed by atoms with E-state index in [0.29, 0.717) is 24.7 Å². The second kappa shape index (κ2) is 9.49. The Hall–Kier alpha value is -0.410. The Balaban J connectivity index is 2.38. The molecule has 112 valence electrons. The normalized spacial score (nSPS) is 22.4. The highest BCUT2D eigenvalue weighted by Crippen LogP contribution is 2.19. The van der Waals surface area contributed by atoms with Gasteiger partial charge in [0.25, 0.3) is 0 Å². The van der Waals surface area contributed by atoms with Crippen molar-refractivity contribution in [2.24, 2.45) is 5.92 Å². The fourth-order valence-electron chi connectivity index (χ4n) is 2.78. The van der Waals surface area contributed by atoms with E-state index in [1.807, 2.05) is 0 Å². The number of hydrogen-bond acceptors (Lipinski definition) is 3. The maximum atomic E-state index is 12.3. The molecule has 0 amide bonds. The van der Waals surface area contributed by atoms with E-state index in [4.69, 9.17) is 4.74 Å². The van der Waals surface area contributed by atoms with Crippen LogP contribution in [-0.4, -0.2) is 43.0 Å². The first-order chi connectivity index (χ1) is 9.21. The Morgan fingerprint density at radius 1 is 1.32 bits per heavy atom. The van der Waals surface area contributed by atoms with Gasteiger partial charge in [0.1, 0.15) is 6.10 Å². The SMILES string of the molecule is CCCCC(CC)CC(=O)C1CN(CCC)CCO1. The molecule has 2 unspecified atom stereocenters. The Bertz CT molecular complexity index is 253. The predicted molar refractivity (Wildman–Crippen MR) is 79.4 cm³/mol. The van der Waals surface area contributed by atoms with Gasteiger partial charge in [0, 0.05) is 19.5 Å². The van der Waals surface area contributed by atoms with Crippen molar-refractivity contribution in [3.63, 3.8) is 0 Å². The van der Waals surface area contributed by atoms with Gasteiger partial charge in [-0.15, -0.1) is 0 Å². The van der Waals surface area contributed by atoms with Gasteiger partial charge in [-0.3, -0.25) is 9.69 Å². The molecule has 1 fully saturated rings. The summed E-state index contributed by atoms with van der Waals surface area (Å²) in [5.41, 5.74) is 0. The quantitative estimate of drug-likeness (QED) is 0.643. The second-order valence-corrected chi connectivity index (χ2v) is 5.75. The molecule has 0 N–H and O–H groups in total. The first-order valence-electron chi connectivity index (χ1n) is 8.07. The smallest absolute Gasteiger partial charge is 0.163 e. The number of carbonyl (C=O) groups is 1. The third kappa shape index (κ3) is 6.05. The van der Waals surface area contributed by atoms with E-state index in [-0.39, 0.29) is 6.10 Å². The molecule has 0 saturated carbocycles. The summed E-state index contributed by atoms with van der Waals surface area (Å²) in [6.07, 6.45) is 6.43. The number of Topliss-reactive ketones (excluding diaryl/α,β-unsaturated/α-hetero) is 1. The number of nitrogens with zero attached hydrogens (tertiary/aromatic N) is 1. The molecule has 0 bridgehead atoms. The van der Waals surface area contributed by atoms with Crippen LogP contribution in [0, 0.1) is 5.92 Å². The molecular weight excluding hydrogens is 238 g/mol. The van der Waals surface area contributed by atoms with Crippen molar-refractivity contribution in [2.75, 3.05) is 26.2 Å². The van der Waals surface area contributed by atoms with E-state index >= 15 is 0 Å². The first kappa shape index (κ1) is 16.6. The lowest BCUT2D eigenvalue weighted by molar-refractivity contribution is -0.137. The van der Waals surface area contributed by atoms with Gasteiger partial charge >= 0.3 is 0 Å². The molecule has 19 heavy (non-hydrogen) atoms. The van der Waals surface area contributed by atoms with Crippen LogP contribution in [0.4, 0.5) is 0 Å². The molecule has 1 aliphatic rings. The van der Waals surface area contributed by atoms with E-state index in [1.165, 1.54) is 19.3 Å². The van der Waals surface area contributed by atoms with Crippen molar-refractivity contribution >= 4 is 5.78 Å². The fourth-order valence-corrected chi connectivity index (χ4v) is 2.78. The molecule has 1 saturated heterocycles. The number of morpholine rings is 1. The topological polar surface area (TPSA) is 29.5 Å². The molecule has 1 rings (SSSR count). The maximum absolute atomic E-state index is 12.3. The molecule has 0 spiro atoms. The van der Waals surface area contributed by atoms with Crippen molar-refractivity contribution in [3.05, 3.63) is 0 Å². The molecule has 1 aliphatic heterocycles. The summed E-state index contributed by atoms with van der Waals surface area (Å²) in [7, 11) is 0. The number of ether oxygens (including phenoxy) is 1. The minimum Gasteiger partial charge on any atom is -0.368 e. The number of hydrogen-bond donors (Lipinski definition) is 0. The molecule has 0 aromatic heterocycles. The average molecular weight is 269 g/mol. The molecule has 3 heteroatoms. The highest BCUT2D eigenvalue weighted by molar-refractivity contribution is 5.83. The van der Waals surface area contributed by atoms with Crippen molar-refractivity contribution in [2.45, 2.75) is 65.4 Å². The molecule has 3 nitrogen and oxygen atoms in total. The van der Waals surface area contributed by atoms with Crippen LogP contribution in [0.1, 0.15) is 59.3 Å². The molecule has 0 aromatic carbocycles. The van der Waals surface area contributed by atoms with Crippen LogP contribution in [0.5, 0.6) is 0 Å². The minimum atomic E-state index is -0.170. The number of unbranched alkanes of at least 4 members (excludes halogenated alkanes) is 1. The van der Waals surface area contributed by atoms with E-state index in [9.17, 15) is 4.79 Å². The first-order valence-corrected chi connectivity index (χ1v) is 8.07. The van der Waals surface area contributed by atoms with E-state index in [0.717, 1.165) is 32.5 Å². The predicted octanol–water partition coefficient (Wildman–Crippen LogP) is 3.27. The third-order valence-electron chi connectivity index (χ3n) is 4.08. The summed E-state index contributed by atoms with van der Waals surface area (Å²) in [6.45, 7) is 10.2. The Labute approximate surface area is 118 Å². The van der Waals surface area contributed by atoms with Crippen LogP contribution in [0.25, 0.3) is 0 Å². The molecular formula is C16H31NO2. The number of carbonyl (C=O) groups excluding carboxylic acids is 1. The Morgan fingerprint density at radius 2 is 2.11 bits per heavy atom. The number of ketones is 1. The van der Waals surface area contributed by atoms with Crippen LogP contribution in [0.2, 0.25) is 0 Å². The van der Waals surface area contributed by atoms with Crippen molar-refractivity contribution in [3.8, 4) is 0 Å². The van der Waals surface area contributed by atoms with Gasteiger partial charge in [0.05, 0.1) is 6.61 Å². The van der Waals surface area contributed by atoms with Gasteiger partial charge in [-0.1, -0.05) is 46.5 Å². The lowest BCUT2D eigenvalue weighted by atomic mass is 9.92. The fraction of sp³-hybridized carbons (Fsp3) is 0.938. The summed E-state index contributed by atoms with van der Waals surface area (Å²) >= 11 is 0. The average Bonchev–Trinajstić information content (AvgIpc) is 2.44. The molecule has 1 heterocycles. The highest BCUT2D eigenvalue weighted by atomic mass is 16.5. The lowest BCUT2D eigenvalue weighted by Crippen LogP contribution is -2.46. The summed E-state index contributed by atoms with van der Waals surface area (Å²) in [5, 5.41) is 0. The monoisotopic (exact) mass is 269 g/mol. The second-order valence-electron chi connectivity index (χ2n) is 5.75. The van der Waals surface area contributed by atoms with Crippen molar-refractivity contribution < 1.29 is 9.53 Å². The third-order valence-corrected chi connectivity index (χ3v) is 4.08. The van der Waals surface area contributed by atoms with E-state index < -0.39 is 0 Å². The Morgan fingerprint density at radius 3 is 2.74 bits per heavy atom. The van der Waals surface area contributed by atoms with E-state index in [2.05, 4.69) is 25.7 Å².